The second-order valence-electron chi connectivity index (χ2n) is 8.86. The van der Waals surface area contributed by atoms with Gasteiger partial charge in [0.25, 0.3) is 0 Å². The van der Waals surface area contributed by atoms with Gasteiger partial charge in [-0.1, -0.05) is 60.7 Å². The molecule has 5 rings (SSSR count). The Morgan fingerprint density at radius 1 is 0.838 bits per heavy atom. The number of imidazole rings is 1. The summed E-state index contributed by atoms with van der Waals surface area (Å²) in [7, 11) is 1.95. The maximum absolute atomic E-state index is 9.22. The van der Waals surface area contributed by atoms with Crippen molar-refractivity contribution in [3.05, 3.63) is 126 Å². The van der Waals surface area contributed by atoms with Crippen LogP contribution in [0.4, 0.5) is 0 Å². The third kappa shape index (κ3) is 5.39. The van der Waals surface area contributed by atoms with Crippen LogP contribution in [0.3, 0.4) is 0 Å². The summed E-state index contributed by atoms with van der Waals surface area (Å²) in [5.41, 5.74) is 7.13. The first-order chi connectivity index (χ1) is 18.1. The fraction of sp³-hybridized carbons (Fsp3) is 0.125. The number of hydrogen-bond donors (Lipinski definition) is 0. The number of aromatic nitrogens is 2. The van der Waals surface area contributed by atoms with Crippen molar-refractivity contribution in [3.63, 3.8) is 0 Å². The summed E-state index contributed by atoms with van der Waals surface area (Å²) in [6.07, 6.45) is 3.67. The summed E-state index contributed by atoms with van der Waals surface area (Å²) in [4.78, 5) is 4.50. The highest BCUT2D eigenvalue weighted by Gasteiger charge is 2.14. The summed E-state index contributed by atoms with van der Waals surface area (Å²) < 4.78 is 14.5. The van der Waals surface area contributed by atoms with E-state index in [4.69, 9.17) is 9.47 Å². The van der Waals surface area contributed by atoms with Gasteiger partial charge in [0.1, 0.15) is 30.5 Å². The van der Waals surface area contributed by atoms with Crippen molar-refractivity contribution < 1.29 is 9.47 Å². The second kappa shape index (κ2) is 10.8. The van der Waals surface area contributed by atoms with Gasteiger partial charge in [0.15, 0.2) is 0 Å². The van der Waals surface area contributed by atoms with Gasteiger partial charge in [0.05, 0.1) is 17.2 Å². The highest BCUT2D eigenvalue weighted by atomic mass is 16.5. The zero-order chi connectivity index (χ0) is 25.6. The van der Waals surface area contributed by atoms with Crippen molar-refractivity contribution in [1.29, 1.82) is 5.26 Å². The van der Waals surface area contributed by atoms with E-state index in [2.05, 4.69) is 60.4 Å². The summed E-state index contributed by atoms with van der Waals surface area (Å²) in [5, 5.41) is 9.22. The first kappa shape index (κ1) is 23.9. The average molecular weight is 486 g/mol. The minimum atomic E-state index is 0.328. The number of nitrogens with zero attached hydrogens (tertiary/aromatic N) is 3. The minimum Gasteiger partial charge on any atom is -0.489 e. The molecule has 0 unspecified atom stereocenters. The summed E-state index contributed by atoms with van der Waals surface area (Å²) in [5.74, 6) is 2.19. The maximum Gasteiger partial charge on any atom is 0.143 e. The van der Waals surface area contributed by atoms with E-state index in [1.807, 2.05) is 60.3 Å². The highest BCUT2D eigenvalue weighted by molar-refractivity contribution is 5.68. The van der Waals surface area contributed by atoms with Gasteiger partial charge in [-0.2, -0.15) is 5.26 Å². The van der Waals surface area contributed by atoms with Crippen LogP contribution < -0.4 is 9.47 Å². The lowest BCUT2D eigenvalue weighted by Crippen LogP contribution is -2.02. The maximum atomic E-state index is 9.22. The molecule has 1 aromatic heterocycles. The SMILES string of the molecule is Cc1c(COc2ccc(-c3nccn3C)c(OCc3cccc(C#N)c3)c2)cccc1-c1ccccc1. The molecule has 0 amide bonds. The third-order valence-corrected chi connectivity index (χ3v) is 6.39. The van der Waals surface area contributed by atoms with Gasteiger partial charge in [-0.05, 0) is 59.0 Å². The molecule has 0 saturated heterocycles. The number of ether oxygens (including phenoxy) is 2. The van der Waals surface area contributed by atoms with Gasteiger partial charge in [0.2, 0.25) is 0 Å². The molecule has 0 aliphatic heterocycles. The van der Waals surface area contributed by atoms with Crippen molar-refractivity contribution in [2.45, 2.75) is 20.1 Å². The molecule has 0 bridgehead atoms. The van der Waals surface area contributed by atoms with Crippen LogP contribution in [-0.4, -0.2) is 9.55 Å². The van der Waals surface area contributed by atoms with Crippen LogP contribution in [0.1, 0.15) is 22.3 Å². The average Bonchev–Trinajstić information content (AvgIpc) is 3.37. The first-order valence-electron chi connectivity index (χ1n) is 12.1. The lowest BCUT2D eigenvalue weighted by molar-refractivity contribution is 0.290. The Morgan fingerprint density at radius 2 is 1.68 bits per heavy atom. The lowest BCUT2D eigenvalue weighted by Gasteiger charge is -2.16. The zero-order valence-electron chi connectivity index (χ0n) is 20.9. The Kier molecular flexibility index (Phi) is 7.00. The Labute approximate surface area is 217 Å². The van der Waals surface area contributed by atoms with Crippen LogP contribution in [0.2, 0.25) is 0 Å². The third-order valence-electron chi connectivity index (χ3n) is 6.39. The van der Waals surface area contributed by atoms with E-state index >= 15 is 0 Å². The Balaban J connectivity index is 1.40. The topological polar surface area (TPSA) is 60.1 Å². The van der Waals surface area contributed by atoms with Crippen molar-refractivity contribution >= 4 is 0 Å². The molecule has 0 N–H and O–H groups in total. The quantitative estimate of drug-likeness (QED) is 0.235. The molecule has 1 heterocycles. The number of hydrogen-bond acceptors (Lipinski definition) is 4. The lowest BCUT2D eigenvalue weighted by atomic mass is 9.97. The first-order valence-corrected chi connectivity index (χ1v) is 12.1. The fourth-order valence-electron chi connectivity index (χ4n) is 4.34. The van der Waals surface area contributed by atoms with E-state index in [9.17, 15) is 5.26 Å². The number of nitriles is 1. The molecule has 0 atom stereocenters. The van der Waals surface area contributed by atoms with E-state index in [-0.39, 0.29) is 0 Å². The van der Waals surface area contributed by atoms with E-state index in [1.165, 1.54) is 16.7 Å². The molecule has 0 aliphatic rings. The molecule has 5 nitrogen and oxygen atoms in total. The highest BCUT2D eigenvalue weighted by Crippen LogP contribution is 2.34. The molecule has 4 aromatic carbocycles. The van der Waals surface area contributed by atoms with Gasteiger partial charge in [0, 0.05) is 25.5 Å². The van der Waals surface area contributed by atoms with E-state index in [0.717, 1.165) is 22.5 Å². The van der Waals surface area contributed by atoms with Gasteiger partial charge < -0.3 is 14.0 Å². The zero-order valence-corrected chi connectivity index (χ0v) is 20.9. The minimum absolute atomic E-state index is 0.328. The van der Waals surface area contributed by atoms with Gasteiger partial charge >= 0.3 is 0 Å². The van der Waals surface area contributed by atoms with E-state index in [1.54, 1.807) is 12.3 Å². The number of aryl methyl sites for hydroxylation is 1. The van der Waals surface area contributed by atoms with Crippen LogP contribution >= 0.6 is 0 Å². The largest absolute Gasteiger partial charge is 0.489 e. The molecule has 37 heavy (non-hydrogen) atoms. The second-order valence-corrected chi connectivity index (χ2v) is 8.86. The predicted molar refractivity (Wildman–Crippen MR) is 145 cm³/mol. The Bertz CT molecular complexity index is 1570. The molecule has 0 spiro atoms. The van der Waals surface area contributed by atoms with Crippen molar-refractivity contribution in [2.24, 2.45) is 7.05 Å². The fourth-order valence-corrected chi connectivity index (χ4v) is 4.34. The van der Waals surface area contributed by atoms with E-state index < -0.39 is 0 Å². The Hall–Kier alpha value is -4.82. The molecule has 0 fully saturated rings. The van der Waals surface area contributed by atoms with Crippen LogP contribution in [0.15, 0.2) is 103 Å². The monoisotopic (exact) mass is 485 g/mol. The molecule has 0 saturated carbocycles. The molecule has 0 aliphatic carbocycles. The van der Waals surface area contributed by atoms with Crippen LogP contribution in [0, 0.1) is 18.3 Å². The van der Waals surface area contributed by atoms with Crippen LogP contribution in [-0.2, 0) is 20.3 Å². The number of benzene rings is 4. The van der Waals surface area contributed by atoms with Crippen LogP contribution in [0.5, 0.6) is 11.5 Å². The predicted octanol–water partition coefficient (Wildman–Crippen LogP) is 7.09. The summed E-state index contributed by atoms with van der Waals surface area (Å²) in [6, 6.07) is 32.1. The molecule has 182 valence electrons. The van der Waals surface area contributed by atoms with Gasteiger partial charge in [-0.15, -0.1) is 0 Å². The standard InChI is InChI=1S/C32H27N3O2/c1-23-27(12-7-13-29(23)26-10-4-3-5-11-26)22-36-28-14-15-30(32-34-16-17-35(32)2)31(19-28)37-21-25-9-6-8-24(18-25)20-33/h3-19H,21-22H2,1-2H3. The molecule has 0 radical (unpaired) electrons. The smallest absolute Gasteiger partial charge is 0.143 e. The van der Waals surface area contributed by atoms with Crippen molar-refractivity contribution in [1.82, 2.24) is 9.55 Å². The van der Waals surface area contributed by atoms with Crippen molar-refractivity contribution in [2.75, 3.05) is 0 Å². The molecule has 5 heteroatoms. The molecular weight excluding hydrogens is 458 g/mol. The van der Waals surface area contributed by atoms with Gasteiger partial charge in [-0.25, -0.2) is 4.98 Å². The molecular formula is C32H27N3O2. The Morgan fingerprint density at radius 3 is 2.46 bits per heavy atom. The summed E-state index contributed by atoms with van der Waals surface area (Å²) in [6.45, 7) is 2.90. The van der Waals surface area contributed by atoms with Crippen LogP contribution in [0.25, 0.3) is 22.5 Å². The van der Waals surface area contributed by atoms with Crippen molar-refractivity contribution in [3.8, 4) is 40.1 Å². The molecule has 5 aromatic rings. The summed E-state index contributed by atoms with van der Waals surface area (Å²) >= 11 is 0. The normalized spacial score (nSPS) is 10.6. The number of rotatable bonds is 8. The van der Waals surface area contributed by atoms with E-state index in [0.29, 0.717) is 30.3 Å². The van der Waals surface area contributed by atoms with Gasteiger partial charge in [-0.3, -0.25) is 0 Å².